The average molecular weight is 487 g/mol. The van der Waals surface area contributed by atoms with Crippen molar-refractivity contribution in [3.63, 3.8) is 0 Å². The third-order valence-corrected chi connectivity index (χ3v) is 6.22. The van der Waals surface area contributed by atoms with Crippen LogP contribution in [0.4, 0.5) is 25.1 Å². The van der Waals surface area contributed by atoms with Crippen LogP contribution in [0.2, 0.25) is 0 Å². The zero-order valence-electron chi connectivity index (χ0n) is 19.1. The van der Waals surface area contributed by atoms with E-state index in [1.165, 1.54) is 29.2 Å². The summed E-state index contributed by atoms with van der Waals surface area (Å²) in [6, 6.07) is 11.4. The summed E-state index contributed by atoms with van der Waals surface area (Å²) >= 11 is 0. The molecule has 0 aliphatic carbocycles. The maximum Gasteiger partial charge on any atom is 0.332 e. The third-order valence-electron chi connectivity index (χ3n) is 6.22. The molecule has 0 N–H and O–H groups in total. The third kappa shape index (κ3) is 3.84. The number of halogens is 2. The van der Waals surface area contributed by atoms with Gasteiger partial charge in [0.25, 0.3) is 5.91 Å². The highest BCUT2D eigenvalue weighted by atomic mass is 19.1. The van der Waals surface area contributed by atoms with Crippen molar-refractivity contribution in [1.82, 2.24) is 14.9 Å². The lowest BCUT2D eigenvalue weighted by molar-refractivity contribution is -0.137. The van der Waals surface area contributed by atoms with Gasteiger partial charge in [-0.25, -0.2) is 28.4 Å². The van der Waals surface area contributed by atoms with E-state index in [-0.39, 0.29) is 18.7 Å². The lowest BCUT2D eigenvalue weighted by Crippen LogP contribution is -2.73. The molecule has 0 bridgehead atoms. The number of aromatic nitrogens is 2. The number of rotatable bonds is 2. The first-order chi connectivity index (χ1) is 17.3. The zero-order chi connectivity index (χ0) is 25.4. The number of carbonyl (C=O) groups is 3. The molecular weight excluding hydrogens is 468 g/mol. The Morgan fingerprint density at radius 3 is 2.31 bits per heavy atom. The van der Waals surface area contributed by atoms with Crippen LogP contribution in [0.1, 0.15) is 24.5 Å². The van der Waals surface area contributed by atoms with Crippen molar-refractivity contribution >= 4 is 29.4 Å². The average Bonchev–Trinajstić information content (AvgIpc) is 2.86. The number of hydrogen-bond donors (Lipinski definition) is 0. The summed E-state index contributed by atoms with van der Waals surface area (Å²) in [6.07, 6.45) is 2.31. The highest BCUT2D eigenvalue weighted by molar-refractivity contribution is 6.20. The van der Waals surface area contributed by atoms with Crippen LogP contribution in [0.3, 0.4) is 0 Å². The van der Waals surface area contributed by atoms with Crippen molar-refractivity contribution < 1.29 is 23.2 Å². The Morgan fingerprint density at radius 1 is 0.944 bits per heavy atom. The lowest BCUT2D eigenvalue weighted by atomic mass is 9.88. The highest BCUT2D eigenvalue weighted by Gasteiger charge is 2.56. The molecule has 4 amide bonds. The molecule has 1 aromatic heterocycles. The van der Waals surface area contributed by atoms with E-state index in [0.29, 0.717) is 16.3 Å². The number of nitrogens with zero attached hydrogens (tertiary/aromatic N) is 5. The van der Waals surface area contributed by atoms with Crippen molar-refractivity contribution in [2.24, 2.45) is 0 Å². The normalized spacial score (nSPS) is 19.6. The first-order valence-corrected chi connectivity index (χ1v) is 11.1. The molecule has 3 aromatic rings. The molecule has 0 unspecified atom stereocenters. The molecule has 0 saturated carbocycles. The van der Waals surface area contributed by atoms with Crippen LogP contribution < -0.4 is 9.80 Å². The minimum atomic E-state index is -1.53. The number of imide groups is 1. The van der Waals surface area contributed by atoms with Gasteiger partial charge in [0.15, 0.2) is 11.6 Å². The molecule has 180 valence electrons. The summed E-state index contributed by atoms with van der Waals surface area (Å²) < 4.78 is 30.2. The van der Waals surface area contributed by atoms with Gasteiger partial charge < -0.3 is 4.90 Å². The van der Waals surface area contributed by atoms with Crippen molar-refractivity contribution in [1.29, 1.82) is 0 Å². The van der Waals surface area contributed by atoms with E-state index in [4.69, 9.17) is 0 Å². The molecule has 0 spiro atoms. The van der Waals surface area contributed by atoms with Gasteiger partial charge in [-0.3, -0.25) is 14.5 Å². The monoisotopic (exact) mass is 487 g/mol. The van der Waals surface area contributed by atoms with Gasteiger partial charge in [0.1, 0.15) is 23.4 Å². The van der Waals surface area contributed by atoms with Crippen molar-refractivity contribution in [2.75, 3.05) is 22.9 Å². The van der Waals surface area contributed by atoms with E-state index in [1.807, 2.05) is 6.07 Å². The van der Waals surface area contributed by atoms with Gasteiger partial charge in [-0.15, -0.1) is 0 Å². The SMILES string of the molecule is C[C@@]12CC(=O)N(c3c(F)cc(C#Cc4ccccc4)cc3F)C(=O)N1CCN(c1ccncn1)C2=O. The van der Waals surface area contributed by atoms with E-state index in [0.717, 1.165) is 12.1 Å². The van der Waals surface area contributed by atoms with Crippen LogP contribution in [-0.4, -0.2) is 51.3 Å². The Hall–Kier alpha value is -4.65. The fourth-order valence-electron chi connectivity index (χ4n) is 4.43. The number of benzene rings is 2. The molecule has 36 heavy (non-hydrogen) atoms. The summed E-state index contributed by atoms with van der Waals surface area (Å²) in [4.78, 5) is 50.6. The molecule has 2 saturated heterocycles. The molecule has 2 fully saturated rings. The molecule has 0 radical (unpaired) electrons. The fourth-order valence-corrected chi connectivity index (χ4v) is 4.43. The second kappa shape index (κ2) is 8.85. The van der Waals surface area contributed by atoms with E-state index in [9.17, 15) is 14.4 Å². The molecule has 2 aliphatic heterocycles. The number of piperazine rings is 1. The second-order valence-corrected chi connectivity index (χ2v) is 8.54. The van der Waals surface area contributed by atoms with Crippen molar-refractivity contribution in [3.8, 4) is 11.8 Å². The maximum atomic E-state index is 15.1. The number of amides is 4. The van der Waals surface area contributed by atoms with Crippen LogP contribution in [0.5, 0.6) is 0 Å². The molecular formula is C26H19F2N5O3. The van der Waals surface area contributed by atoms with E-state index in [1.54, 1.807) is 30.3 Å². The standard InChI is InChI=1S/C26H19F2N5O3/c1-26-15-22(34)33(25(36)32(26)12-11-31(24(26)35)21-9-10-29-16-30-21)23-19(27)13-18(14-20(23)28)8-7-17-5-3-2-4-6-17/h2-6,9-10,13-14,16H,11-12,15H2,1H3/t26-/m0/s1. The number of carbonyl (C=O) groups excluding carboxylic acids is 3. The van der Waals surface area contributed by atoms with Gasteiger partial charge in [0, 0.05) is 30.4 Å². The molecule has 8 nitrogen and oxygen atoms in total. The van der Waals surface area contributed by atoms with Gasteiger partial charge in [-0.05, 0) is 37.3 Å². The predicted molar refractivity (Wildman–Crippen MR) is 126 cm³/mol. The van der Waals surface area contributed by atoms with Gasteiger partial charge in [-0.2, -0.15) is 0 Å². The summed E-state index contributed by atoms with van der Waals surface area (Å²) in [5, 5.41) is 0. The van der Waals surface area contributed by atoms with Crippen molar-refractivity contribution in [3.05, 3.63) is 83.8 Å². The van der Waals surface area contributed by atoms with Crippen LogP contribution in [-0.2, 0) is 9.59 Å². The first-order valence-electron chi connectivity index (χ1n) is 11.1. The highest BCUT2D eigenvalue weighted by Crippen LogP contribution is 2.37. The topological polar surface area (TPSA) is 86.7 Å². The number of hydrogen-bond acceptors (Lipinski definition) is 5. The van der Waals surface area contributed by atoms with E-state index >= 15 is 8.78 Å². The van der Waals surface area contributed by atoms with E-state index < -0.39 is 47.1 Å². The van der Waals surface area contributed by atoms with Crippen LogP contribution in [0.15, 0.2) is 61.1 Å². The van der Waals surface area contributed by atoms with Crippen LogP contribution in [0.25, 0.3) is 0 Å². The zero-order valence-corrected chi connectivity index (χ0v) is 19.1. The minimum absolute atomic E-state index is 0.0404. The Balaban J connectivity index is 1.45. The van der Waals surface area contributed by atoms with Gasteiger partial charge in [0.2, 0.25) is 5.91 Å². The molecule has 5 rings (SSSR count). The fraction of sp³-hybridized carbons (Fsp3) is 0.192. The largest absolute Gasteiger partial charge is 0.332 e. The van der Waals surface area contributed by atoms with Gasteiger partial charge in [0.05, 0.1) is 6.42 Å². The number of fused-ring (bicyclic) bond motifs is 1. The molecule has 2 aliphatic rings. The maximum absolute atomic E-state index is 15.1. The Labute approximate surface area is 205 Å². The quantitative estimate of drug-likeness (QED) is 0.519. The van der Waals surface area contributed by atoms with Crippen LogP contribution in [0, 0.1) is 23.5 Å². The summed E-state index contributed by atoms with van der Waals surface area (Å²) in [5.41, 5.74) is -1.60. The number of anilines is 2. The summed E-state index contributed by atoms with van der Waals surface area (Å²) in [6.45, 7) is 1.60. The first kappa shape index (κ1) is 23.1. The Kier molecular flexibility index (Phi) is 5.68. The van der Waals surface area contributed by atoms with Crippen LogP contribution >= 0.6 is 0 Å². The summed E-state index contributed by atoms with van der Waals surface area (Å²) in [7, 11) is 0. The number of urea groups is 1. The molecule has 2 aromatic carbocycles. The second-order valence-electron chi connectivity index (χ2n) is 8.54. The Bertz CT molecular complexity index is 1420. The van der Waals surface area contributed by atoms with E-state index in [2.05, 4.69) is 21.8 Å². The van der Waals surface area contributed by atoms with Crippen molar-refractivity contribution in [2.45, 2.75) is 18.9 Å². The lowest BCUT2D eigenvalue weighted by Gasteiger charge is -2.51. The van der Waals surface area contributed by atoms with Gasteiger partial charge in [-0.1, -0.05) is 30.0 Å². The smallest absolute Gasteiger partial charge is 0.307 e. The van der Waals surface area contributed by atoms with Gasteiger partial charge >= 0.3 is 6.03 Å². The predicted octanol–water partition coefficient (Wildman–Crippen LogP) is 3.12. The Morgan fingerprint density at radius 2 is 1.64 bits per heavy atom. The molecule has 3 heterocycles. The molecule has 10 heteroatoms. The summed E-state index contributed by atoms with van der Waals surface area (Å²) in [5.74, 6) is 2.21. The molecule has 1 atom stereocenters. The minimum Gasteiger partial charge on any atom is -0.307 e.